The summed E-state index contributed by atoms with van der Waals surface area (Å²) in [5, 5.41) is 3.50. The van der Waals surface area contributed by atoms with Crippen LogP contribution in [0.15, 0.2) is 53.4 Å². The number of benzene rings is 2. The lowest BCUT2D eigenvalue weighted by atomic mass is 10.2. The normalized spacial score (nSPS) is 19.4. The third-order valence-electron chi connectivity index (χ3n) is 3.66. The van der Waals surface area contributed by atoms with Gasteiger partial charge < -0.3 is 14.6 Å². The lowest BCUT2D eigenvalue weighted by Gasteiger charge is -2.18. The number of hydrogen-bond acceptors (Lipinski definition) is 3. The van der Waals surface area contributed by atoms with Crippen molar-refractivity contribution in [3.05, 3.63) is 54.1 Å². The van der Waals surface area contributed by atoms with Gasteiger partial charge in [-0.25, -0.2) is 0 Å². The van der Waals surface area contributed by atoms with Crippen LogP contribution in [0.5, 0.6) is 11.5 Å². The Morgan fingerprint density at radius 1 is 1.14 bits per heavy atom. The molecule has 0 radical (unpaired) electrons. The van der Waals surface area contributed by atoms with Crippen molar-refractivity contribution in [2.45, 2.75) is 23.5 Å². The molecule has 2 atom stereocenters. The van der Waals surface area contributed by atoms with Crippen LogP contribution < -0.4 is 10.1 Å². The zero-order chi connectivity index (χ0) is 14.7. The molecule has 2 aromatic rings. The SMILES string of the molecule is Cc1cc(Oc2ccccc2)ccc1[S+]([O-])C1CCNC1. The summed E-state index contributed by atoms with van der Waals surface area (Å²) in [7, 11) is 0. The van der Waals surface area contributed by atoms with Crippen LogP contribution in [0.25, 0.3) is 0 Å². The van der Waals surface area contributed by atoms with Crippen molar-refractivity contribution >= 4 is 11.2 Å². The topological polar surface area (TPSA) is 44.3 Å². The molecule has 0 bridgehead atoms. The lowest BCUT2D eigenvalue weighted by Crippen LogP contribution is -2.24. The predicted octanol–water partition coefficient (Wildman–Crippen LogP) is 3.26. The zero-order valence-electron chi connectivity index (χ0n) is 12.0. The number of ether oxygens (including phenoxy) is 1. The Morgan fingerprint density at radius 2 is 1.95 bits per heavy atom. The molecule has 1 aliphatic rings. The van der Waals surface area contributed by atoms with Crippen LogP contribution in [-0.4, -0.2) is 22.9 Å². The smallest absolute Gasteiger partial charge is 0.156 e. The highest BCUT2D eigenvalue weighted by Gasteiger charge is 2.29. The molecule has 1 heterocycles. The molecule has 1 N–H and O–H groups in total. The van der Waals surface area contributed by atoms with Crippen LogP contribution in [0, 0.1) is 6.92 Å². The number of para-hydroxylation sites is 1. The van der Waals surface area contributed by atoms with Crippen molar-refractivity contribution in [2.24, 2.45) is 0 Å². The van der Waals surface area contributed by atoms with Crippen molar-refractivity contribution in [1.82, 2.24) is 5.32 Å². The van der Waals surface area contributed by atoms with Crippen LogP contribution >= 0.6 is 0 Å². The van der Waals surface area contributed by atoms with Crippen LogP contribution in [0.3, 0.4) is 0 Å². The van der Waals surface area contributed by atoms with Crippen molar-refractivity contribution in [3.8, 4) is 11.5 Å². The van der Waals surface area contributed by atoms with Gasteiger partial charge >= 0.3 is 0 Å². The standard InChI is InChI=1S/C17H19NO2S/c1-13-11-15(20-14-5-3-2-4-6-14)7-8-17(13)21(19)16-9-10-18-12-16/h2-8,11,16,18H,9-10,12H2,1H3. The van der Waals surface area contributed by atoms with Gasteiger partial charge in [-0.05, 0) is 48.4 Å². The third kappa shape index (κ3) is 3.40. The van der Waals surface area contributed by atoms with E-state index in [0.717, 1.165) is 41.5 Å². The zero-order valence-corrected chi connectivity index (χ0v) is 12.9. The van der Waals surface area contributed by atoms with E-state index in [4.69, 9.17) is 4.74 Å². The Labute approximate surface area is 128 Å². The van der Waals surface area contributed by atoms with E-state index in [9.17, 15) is 4.55 Å². The molecule has 3 rings (SSSR count). The molecule has 110 valence electrons. The monoisotopic (exact) mass is 301 g/mol. The van der Waals surface area contributed by atoms with E-state index in [1.165, 1.54) is 0 Å². The summed E-state index contributed by atoms with van der Waals surface area (Å²) in [6.45, 7) is 3.80. The van der Waals surface area contributed by atoms with Gasteiger partial charge in [0.25, 0.3) is 0 Å². The maximum absolute atomic E-state index is 12.6. The molecular weight excluding hydrogens is 282 g/mol. The Hall–Kier alpha value is -1.49. The minimum absolute atomic E-state index is 0.226. The molecule has 0 spiro atoms. The predicted molar refractivity (Wildman–Crippen MR) is 85.4 cm³/mol. The molecular formula is C17H19NO2S. The number of aryl methyl sites for hydroxylation is 1. The minimum Gasteiger partial charge on any atom is -0.611 e. The van der Waals surface area contributed by atoms with E-state index in [0.29, 0.717) is 0 Å². The highest BCUT2D eigenvalue weighted by atomic mass is 32.2. The minimum atomic E-state index is -0.943. The second kappa shape index (κ2) is 6.52. The van der Waals surface area contributed by atoms with E-state index in [-0.39, 0.29) is 5.25 Å². The van der Waals surface area contributed by atoms with Gasteiger partial charge in [0.1, 0.15) is 16.7 Å². The fourth-order valence-electron chi connectivity index (χ4n) is 2.53. The Balaban J connectivity index is 1.76. The molecule has 1 aliphatic heterocycles. The van der Waals surface area contributed by atoms with Gasteiger partial charge in [-0.3, -0.25) is 0 Å². The Kier molecular flexibility index (Phi) is 4.48. The van der Waals surface area contributed by atoms with Crippen LogP contribution in [0.4, 0.5) is 0 Å². The van der Waals surface area contributed by atoms with Gasteiger partial charge in [-0.1, -0.05) is 18.2 Å². The van der Waals surface area contributed by atoms with E-state index in [2.05, 4.69) is 5.32 Å². The van der Waals surface area contributed by atoms with Crippen LogP contribution in [0.1, 0.15) is 12.0 Å². The largest absolute Gasteiger partial charge is 0.611 e. The fraction of sp³-hybridized carbons (Fsp3) is 0.294. The van der Waals surface area contributed by atoms with Crippen LogP contribution in [-0.2, 0) is 11.2 Å². The van der Waals surface area contributed by atoms with Crippen molar-refractivity contribution in [1.29, 1.82) is 0 Å². The first-order chi connectivity index (χ1) is 10.2. The summed E-state index contributed by atoms with van der Waals surface area (Å²) in [5.74, 6) is 1.59. The summed E-state index contributed by atoms with van der Waals surface area (Å²) in [6.07, 6.45) is 0.980. The summed E-state index contributed by atoms with van der Waals surface area (Å²) < 4.78 is 18.4. The molecule has 0 aromatic heterocycles. The molecule has 0 amide bonds. The van der Waals surface area contributed by atoms with Gasteiger partial charge in [0.2, 0.25) is 0 Å². The first kappa shape index (κ1) is 14.4. The molecule has 21 heavy (non-hydrogen) atoms. The average Bonchev–Trinajstić information content (AvgIpc) is 3.02. The molecule has 3 nitrogen and oxygen atoms in total. The number of hydrogen-bond donors (Lipinski definition) is 1. The van der Waals surface area contributed by atoms with E-state index in [1.807, 2.05) is 55.5 Å². The maximum Gasteiger partial charge on any atom is 0.156 e. The Bertz CT molecular complexity index is 597. The van der Waals surface area contributed by atoms with Crippen molar-refractivity contribution < 1.29 is 9.29 Å². The quantitative estimate of drug-likeness (QED) is 0.882. The second-order valence-corrected chi connectivity index (χ2v) is 6.96. The molecule has 2 unspecified atom stereocenters. The highest BCUT2D eigenvalue weighted by molar-refractivity contribution is 7.92. The Morgan fingerprint density at radius 3 is 2.62 bits per heavy atom. The maximum atomic E-state index is 12.6. The number of rotatable bonds is 4. The molecule has 1 saturated heterocycles. The number of nitrogens with one attached hydrogen (secondary N) is 1. The molecule has 4 heteroatoms. The first-order valence-corrected chi connectivity index (χ1v) is 8.40. The third-order valence-corrected chi connectivity index (χ3v) is 5.56. The van der Waals surface area contributed by atoms with E-state index < -0.39 is 11.2 Å². The van der Waals surface area contributed by atoms with Gasteiger partial charge in [-0.2, -0.15) is 0 Å². The van der Waals surface area contributed by atoms with Gasteiger partial charge in [-0.15, -0.1) is 0 Å². The van der Waals surface area contributed by atoms with Crippen molar-refractivity contribution in [3.63, 3.8) is 0 Å². The summed E-state index contributed by atoms with van der Waals surface area (Å²) in [6, 6.07) is 15.5. The van der Waals surface area contributed by atoms with Crippen LogP contribution in [0.2, 0.25) is 0 Å². The van der Waals surface area contributed by atoms with Gasteiger partial charge in [0, 0.05) is 25.1 Å². The van der Waals surface area contributed by atoms with Gasteiger partial charge in [0.05, 0.1) is 0 Å². The molecule has 0 saturated carbocycles. The van der Waals surface area contributed by atoms with E-state index >= 15 is 0 Å². The summed E-state index contributed by atoms with van der Waals surface area (Å²) >= 11 is -0.943. The molecule has 1 fully saturated rings. The van der Waals surface area contributed by atoms with Gasteiger partial charge in [0.15, 0.2) is 4.90 Å². The lowest BCUT2D eigenvalue weighted by molar-refractivity contribution is 0.481. The summed E-state index contributed by atoms with van der Waals surface area (Å²) in [5.41, 5.74) is 1.02. The van der Waals surface area contributed by atoms with Crippen molar-refractivity contribution in [2.75, 3.05) is 13.1 Å². The average molecular weight is 301 g/mol. The van der Waals surface area contributed by atoms with E-state index in [1.54, 1.807) is 0 Å². The molecule has 2 aromatic carbocycles. The fourth-order valence-corrected chi connectivity index (χ4v) is 4.06. The first-order valence-electron chi connectivity index (χ1n) is 7.19. The second-order valence-electron chi connectivity index (χ2n) is 5.25. The summed E-state index contributed by atoms with van der Waals surface area (Å²) in [4.78, 5) is 0.920. The molecule has 0 aliphatic carbocycles. The highest BCUT2D eigenvalue weighted by Crippen LogP contribution is 2.28.